The maximum Gasteiger partial charge on any atom is 0.333 e. The third-order valence-corrected chi connectivity index (χ3v) is 2.56. The molecule has 0 radical (unpaired) electrons. The first kappa shape index (κ1) is 10.5. The molecule has 2 rings (SSSR count). The van der Waals surface area contributed by atoms with E-state index in [1.54, 1.807) is 6.07 Å². The Kier molecular flexibility index (Phi) is 2.97. The largest absolute Gasteiger partial charge is 0.333 e. The highest BCUT2D eigenvalue weighted by atomic mass is 19.3. The number of hydrogen-bond acceptors (Lipinski definition) is 3. The van der Waals surface area contributed by atoms with Crippen LogP contribution in [0.1, 0.15) is 18.7 Å². The predicted molar refractivity (Wildman–Crippen MR) is 51.3 cm³/mol. The minimum atomic E-state index is -2.56. The summed E-state index contributed by atoms with van der Waals surface area (Å²) in [4.78, 5) is 2.13. The van der Waals surface area contributed by atoms with Gasteiger partial charge in [0, 0.05) is 31.9 Å². The van der Waals surface area contributed by atoms with E-state index in [1.807, 2.05) is 0 Å². The first-order valence-corrected chi connectivity index (χ1v) is 4.95. The molecule has 1 aromatic rings. The van der Waals surface area contributed by atoms with Crippen molar-refractivity contribution in [1.29, 1.82) is 0 Å². The van der Waals surface area contributed by atoms with Gasteiger partial charge in [-0.3, -0.25) is 4.90 Å². The molecule has 15 heavy (non-hydrogen) atoms. The fourth-order valence-electron chi connectivity index (χ4n) is 1.81. The smallest absolute Gasteiger partial charge is 0.326 e. The van der Waals surface area contributed by atoms with Crippen LogP contribution in [-0.4, -0.2) is 33.8 Å². The lowest BCUT2D eigenvalue weighted by atomic mass is 10.3. The lowest BCUT2D eigenvalue weighted by Gasteiger charge is -2.12. The molecule has 0 unspecified atom stereocenters. The van der Waals surface area contributed by atoms with Crippen LogP contribution in [0, 0.1) is 0 Å². The zero-order valence-electron chi connectivity index (χ0n) is 8.31. The van der Waals surface area contributed by atoms with Gasteiger partial charge in [0.15, 0.2) is 0 Å². The Labute approximate surface area is 86.7 Å². The van der Waals surface area contributed by atoms with Crippen molar-refractivity contribution < 1.29 is 8.78 Å². The number of nitrogens with two attached hydrogens (primary N) is 1. The van der Waals surface area contributed by atoms with E-state index in [9.17, 15) is 8.78 Å². The van der Waals surface area contributed by atoms with Gasteiger partial charge in [0.05, 0.1) is 5.69 Å². The number of hydrogen-bond donors (Lipinski definition) is 1. The van der Waals surface area contributed by atoms with Crippen molar-refractivity contribution in [2.24, 2.45) is 5.73 Å². The zero-order chi connectivity index (χ0) is 10.8. The second-order valence-corrected chi connectivity index (χ2v) is 3.85. The standard InChI is InChI=1S/C9H14F2N4/c10-9(11)15-4-2-8(13-15)6-14-3-1-7(12)5-14/h2,4,7,9H,1,3,5-6,12H2/t7-/m1/s1. The topological polar surface area (TPSA) is 47.1 Å². The molecule has 2 heterocycles. The molecule has 1 fully saturated rings. The molecule has 0 saturated carbocycles. The maximum atomic E-state index is 12.2. The molecule has 1 aromatic heterocycles. The van der Waals surface area contributed by atoms with Crippen LogP contribution in [0.4, 0.5) is 8.78 Å². The first-order valence-electron chi connectivity index (χ1n) is 4.95. The molecule has 0 amide bonds. The normalized spacial score (nSPS) is 22.8. The lowest BCUT2D eigenvalue weighted by molar-refractivity contribution is 0.0558. The summed E-state index contributed by atoms with van der Waals surface area (Å²) in [7, 11) is 0. The van der Waals surface area contributed by atoms with Crippen LogP contribution >= 0.6 is 0 Å². The Balaban J connectivity index is 1.93. The number of nitrogens with zero attached hydrogens (tertiary/aromatic N) is 3. The van der Waals surface area contributed by atoms with Gasteiger partial charge in [-0.25, -0.2) is 4.68 Å². The molecule has 84 valence electrons. The summed E-state index contributed by atoms with van der Waals surface area (Å²) in [5, 5.41) is 3.78. The van der Waals surface area contributed by atoms with Crippen molar-refractivity contribution in [3.05, 3.63) is 18.0 Å². The zero-order valence-corrected chi connectivity index (χ0v) is 8.31. The number of rotatable bonds is 3. The molecule has 0 aromatic carbocycles. The Hall–Kier alpha value is -1.01. The number of alkyl halides is 2. The van der Waals surface area contributed by atoms with Crippen LogP contribution in [0.3, 0.4) is 0 Å². The summed E-state index contributed by atoms with van der Waals surface area (Å²) < 4.78 is 25.1. The molecule has 1 aliphatic rings. The molecule has 0 bridgehead atoms. The van der Waals surface area contributed by atoms with E-state index in [0.29, 0.717) is 16.9 Å². The molecule has 6 heteroatoms. The molecule has 1 atom stereocenters. The molecule has 4 nitrogen and oxygen atoms in total. The molecule has 1 saturated heterocycles. The first-order chi connectivity index (χ1) is 7.15. The summed E-state index contributed by atoms with van der Waals surface area (Å²) in [6.07, 6.45) is 2.27. The van der Waals surface area contributed by atoms with Crippen LogP contribution in [0.2, 0.25) is 0 Å². The molecule has 1 aliphatic heterocycles. The van der Waals surface area contributed by atoms with Crippen LogP contribution in [-0.2, 0) is 6.54 Å². The Morgan fingerprint density at radius 2 is 2.40 bits per heavy atom. The summed E-state index contributed by atoms with van der Waals surface area (Å²) >= 11 is 0. The van der Waals surface area contributed by atoms with Crippen LogP contribution in [0.25, 0.3) is 0 Å². The summed E-state index contributed by atoms with van der Waals surface area (Å²) in [5.74, 6) is 0. The minimum Gasteiger partial charge on any atom is -0.326 e. The highest BCUT2D eigenvalue weighted by molar-refractivity contribution is 4.99. The third-order valence-electron chi connectivity index (χ3n) is 2.56. The van der Waals surface area contributed by atoms with Crippen molar-refractivity contribution in [1.82, 2.24) is 14.7 Å². The van der Waals surface area contributed by atoms with Crippen molar-refractivity contribution in [3.63, 3.8) is 0 Å². The molecular formula is C9H14F2N4. The predicted octanol–water partition coefficient (Wildman–Crippen LogP) is 0.811. The van der Waals surface area contributed by atoms with Crippen LogP contribution in [0.15, 0.2) is 12.3 Å². The highest BCUT2D eigenvalue weighted by Crippen LogP contribution is 2.13. The van der Waals surface area contributed by atoms with E-state index >= 15 is 0 Å². The summed E-state index contributed by atoms with van der Waals surface area (Å²) in [6.45, 7) is -0.211. The van der Waals surface area contributed by atoms with Gasteiger partial charge in [0.2, 0.25) is 0 Å². The average molecular weight is 216 g/mol. The minimum absolute atomic E-state index is 0.210. The van der Waals surface area contributed by atoms with Crippen LogP contribution < -0.4 is 5.73 Å². The van der Waals surface area contributed by atoms with Gasteiger partial charge < -0.3 is 5.73 Å². The van der Waals surface area contributed by atoms with Crippen LogP contribution in [0.5, 0.6) is 0 Å². The van der Waals surface area contributed by atoms with Crippen molar-refractivity contribution in [3.8, 4) is 0 Å². The van der Waals surface area contributed by atoms with Gasteiger partial charge in [0.1, 0.15) is 0 Å². The lowest BCUT2D eigenvalue weighted by Crippen LogP contribution is -2.26. The van der Waals surface area contributed by atoms with Gasteiger partial charge in [-0.15, -0.1) is 0 Å². The van der Waals surface area contributed by atoms with Crippen molar-refractivity contribution >= 4 is 0 Å². The second kappa shape index (κ2) is 4.24. The molecule has 0 aliphatic carbocycles. The summed E-state index contributed by atoms with van der Waals surface area (Å²) in [5.41, 5.74) is 6.42. The molecular weight excluding hydrogens is 202 g/mol. The fourth-order valence-corrected chi connectivity index (χ4v) is 1.81. The van der Waals surface area contributed by atoms with E-state index in [-0.39, 0.29) is 6.04 Å². The van der Waals surface area contributed by atoms with Gasteiger partial charge in [-0.1, -0.05) is 0 Å². The Morgan fingerprint density at radius 3 is 2.93 bits per heavy atom. The average Bonchev–Trinajstić information content (AvgIpc) is 2.76. The maximum absolute atomic E-state index is 12.2. The Bertz CT molecular complexity index is 326. The highest BCUT2D eigenvalue weighted by Gasteiger charge is 2.20. The van der Waals surface area contributed by atoms with Gasteiger partial charge >= 0.3 is 6.55 Å². The van der Waals surface area contributed by atoms with Gasteiger partial charge in [0.25, 0.3) is 0 Å². The molecule has 0 spiro atoms. The quantitative estimate of drug-likeness (QED) is 0.813. The van der Waals surface area contributed by atoms with Gasteiger partial charge in [-0.2, -0.15) is 13.9 Å². The summed E-state index contributed by atoms with van der Waals surface area (Å²) in [6, 6.07) is 1.83. The van der Waals surface area contributed by atoms with E-state index in [1.165, 1.54) is 6.20 Å². The van der Waals surface area contributed by atoms with E-state index in [4.69, 9.17) is 5.73 Å². The number of likely N-dealkylation sites (tertiary alicyclic amines) is 1. The monoisotopic (exact) mass is 216 g/mol. The van der Waals surface area contributed by atoms with Crippen molar-refractivity contribution in [2.45, 2.75) is 25.6 Å². The van der Waals surface area contributed by atoms with E-state index < -0.39 is 6.55 Å². The van der Waals surface area contributed by atoms with E-state index in [0.717, 1.165) is 19.5 Å². The van der Waals surface area contributed by atoms with E-state index in [2.05, 4.69) is 10.00 Å². The second-order valence-electron chi connectivity index (χ2n) is 3.85. The van der Waals surface area contributed by atoms with Gasteiger partial charge in [-0.05, 0) is 12.5 Å². The molecule has 2 N–H and O–H groups in total. The van der Waals surface area contributed by atoms with Crippen molar-refractivity contribution in [2.75, 3.05) is 13.1 Å². The number of aromatic nitrogens is 2. The number of halogens is 2. The Morgan fingerprint density at radius 1 is 1.60 bits per heavy atom. The third kappa shape index (κ3) is 2.51. The SMILES string of the molecule is N[C@@H]1CCN(Cc2ccn(C(F)F)n2)C1. The fraction of sp³-hybridized carbons (Fsp3) is 0.667.